The molecule has 2 N–H and O–H groups in total. The largest absolute Gasteiger partial charge is 0.493 e. The minimum atomic E-state index is -4.66. The number of nitrogens with zero attached hydrogens (tertiary/aromatic N) is 1. The smallest absolute Gasteiger partial charge is 0.416 e. The molecule has 6 nitrogen and oxygen atoms in total. The number of halogens is 5. The van der Waals surface area contributed by atoms with E-state index < -0.39 is 17.6 Å². The molecule has 2 aromatic rings. The Morgan fingerprint density at radius 2 is 1.52 bits per heavy atom. The lowest BCUT2D eigenvalue weighted by molar-refractivity contribution is -0.138. The molecule has 0 aliphatic heterocycles. The third-order valence-electron chi connectivity index (χ3n) is 4.23. The summed E-state index contributed by atoms with van der Waals surface area (Å²) in [6.07, 6.45) is -4.66. The zero-order chi connectivity index (χ0) is 22.3. The Morgan fingerprint density at radius 1 is 0.935 bits per heavy atom. The summed E-state index contributed by atoms with van der Waals surface area (Å²) in [4.78, 5) is 4.00. The number of hydrogen-bond acceptors (Lipinski definition) is 4. The van der Waals surface area contributed by atoms with Gasteiger partial charge in [-0.25, -0.2) is 4.39 Å². The van der Waals surface area contributed by atoms with Crippen molar-refractivity contribution in [3.05, 3.63) is 52.8 Å². The summed E-state index contributed by atoms with van der Waals surface area (Å²) in [6, 6.07) is 6.03. The van der Waals surface area contributed by atoms with Crippen LogP contribution in [-0.2, 0) is 19.3 Å². The number of ether oxygens (including phenoxy) is 3. The van der Waals surface area contributed by atoms with Gasteiger partial charge in [0.15, 0.2) is 17.5 Å². The first-order valence-corrected chi connectivity index (χ1v) is 8.82. The summed E-state index contributed by atoms with van der Waals surface area (Å²) in [5, 5.41) is 5.79. The lowest BCUT2D eigenvalue weighted by atomic mass is 10.1. The maximum atomic E-state index is 13.2. The summed E-state index contributed by atoms with van der Waals surface area (Å²) >= 11 is 0. The Bertz CT molecular complexity index is 883. The van der Waals surface area contributed by atoms with Crippen LogP contribution in [0.1, 0.15) is 16.7 Å². The third kappa shape index (κ3) is 7.04. The first-order chi connectivity index (χ1) is 14.2. The predicted octanol–water partition coefficient (Wildman–Crippen LogP) is 4.35. The van der Waals surface area contributed by atoms with Gasteiger partial charge >= 0.3 is 6.18 Å². The standard InChI is InChI=1S/C20H23F4N3O3.HI/c1-25-19(27-11-13-5-6-14(21)9-15(13)20(22,23)24)26-10-12-7-16(28-2)18(30-4)17(8-12)29-3;/h5-9H,10-11H2,1-4H3,(H2,25,26,27);1H. The van der Waals surface area contributed by atoms with Crippen LogP contribution in [0.25, 0.3) is 0 Å². The van der Waals surface area contributed by atoms with Gasteiger partial charge in [0.2, 0.25) is 5.75 Å². The highest BCUT2D eigenvalue weighted by Crippen LogP contribution is 2.38. The maximum absolute atomic E-state index is 13.2. The minimum absolute atomic E-state index is 0. The number of methoxy groups -OCH3 is 3. The SMILES string of the molecule is CN=C(NCc1cc(OC)c(OC)c(OC)c1)NCc1ccc(F)cc1C(F)(F)F.I. The zero-order valence-electron chi connectivity index (χ0n) is 17.4. The van der Waals surface area contributed by atoms with Crippen molar-refractivity contribution in [2.24, 2.45) is 4.99 Å². The van der Waals surface area contributed by atoms with Crippen LogP contribution in [0.2, 0.25) is 0 Å². The van der Waals surface area contributed by atoms with Crippen molar-refractivity contribution in [1.29, 1.82) is 0 Å². The Labute approximate surface area is 195 Å². The van der Waals surface area contributed by atoms with Crippen molar-refractivity contribution < 1.29 is 31.8 Å². The highest BCUT2D eigenvalue weighted by Gasteiger charge is 2.33. The van der Waals surface area contributed by atoms with Crippen LogP contribution in [0, 0.1) is 5.82 Å². The molecule has 0 aliphatic carbocycles. The van der Waals surface area contributed by atoms with E-state index in [1.54, 1.807) is 12.1 Å². The summed E-state index contributed by atoms with van der Waals surface area (Å²) < 4.78 is 68.5. The third-order valence-corrected chi connectivity index (χ3v) is 4.23. The second-order valence-corrected chi connectivity index (χ2v) is 6.11. The zero-order valence-corrected chi connectivity index (χ0v) is 19.7. The van der Waals surface area contributed by atoms with E-state index in [-0.39, 0.29) is 48.6 Å². The quantitative estimate of drug-likeness (QED) is 0.230. The molecule has 0 spiro atoms. The summed E-state index contributed by atoms with van der Waals surface area (Å²) in [7, 11) is 5.97. The lowest BCUT2D eigenvalue weighted by Gasteiger charge is -2.17. The molecule has 0 saturated carbocycles. The number of hydrogen-bond donors (Lipinski definition) is 2. The molecular weight excluding hydrogens is 533 g/mol. The molecule has 2 aromatic carbocycles. The van der Waals surface area contributed by atoms with Crippen LogP contribution in [0.5, 0.6) is 17.2 Å². The summed E-state index contributed by atoms with van der Waals surface area (Å²) in [5.74, 6) is 0.704. The number of guanidine groups is 1. The molecule has 31 heavy (non-hydrogen) atoms. The molecule has 0 amide bonds. The van der Waals surface area contributed by atoms with Crippen molar-refractivity contribution >= 4 is 29.9 Å². The maximum Gasteiger partial charge on any atom is 0.416 e. The molecule has 0 saturated heterocycles. The molecule has 0 aromatic heterocycles. The van der Waals surface area contributed by atoms with Gasteiger partial charge in [-0.3, -0.25) is 4.99 Å². The summed E-state index contributed by atoms with van der Waals surface area (Å²) in [6.45, 7) is 0.0932. The molecule has 2 rings (SSSR count). The lowest BCUT2D eigenvalue weighted by Crippen LogP contribution is -2.36. The number of rotatable bonds is 7. The van der Waals surface area contributed by atoms with Crippen LogP contribution in [0.3, 0.4) is 0 Å². The molecular formula is C20H24F4IN3O3. The normalized spacial score (nSPS) is 11.4. The first kappa shape index (κ1) is 26.6. The molecule has 0 unspecified atom stereocenters. The fraction of sp³-hybridized carbons (Fsp3) is 0.350. The molecule has 0 heterocycles. The first-order valence-electron chi connectivity index (χ1n) is 8.82. The van der Waals surface area contributed by atoms with Gasteiger partial charge in [-0.15, -0.1) is 24.0 Å². The van der Waals surface area contributed by atoms with Gasteiger partial charge in [0.1, 0.15) is 5.82 Å². The van der Waals surface area contributed by atoms with Gasteiger partial charge in [0.25, 0.3) is 0 Å². The van der Waals surface area contributed by atoms with Gasteiger partial charge in [0.05, 0.1) is 26.9 Å². The van der Waals surface area contributed by atoms with Crippen molar-refractivity contribution in [1.82, 2.24) is 10.6 Å². The average molecular weight is 557 g/mol. The van der Waals surface area contributed by atoms with Crippen LogP contribution >= 0.6 is 24.0 Å². The van der Waals surface area contributed by atoms with Crippen molar-refractivity contribution in [2.75, 3.05) is 28.4 Å². The highest BCUT2D eigenvalue weighted by molar-refractivity contribution is 14.0. The Hall–Kier alpha value is -2.44. The van der Waals surface area contributed by atoms with Gasteiger partial charge in [-0.2, -0.15) is 13.2 Å². The molecule has 0 atom stereocenters. The van der Waals surface area contributed by atoms with Crippen LogP contribution in [0.4, 0.5) is 17.6 Å². The monoisotopic (exact) mass is 557 g/mol. The molecule has 0 fully saturated rings. The fourth-order valence-electron chi connectivity index (χ4n) is 2.79. The molecule has 172 valence electrons. The van der Waals surface area contributed by atoms with Gasteiger partial charge in [-0.05, 0) is 35.4 Å². The van der Waals surface area contributed by atoms with Crippen LogP contribution < -0.4 is 24.8 Å². The number of nitrogens with one attached hydrogen (secondary N) is 2. The fourth-order valence-corrected chi connectivity index (χ4v) is 2.79. The number of aliphatic imine (C=N–C) groups is 1. The minimum Gasteiger partial charge on any atom is -0.493 e. The van der Waals surface area contributed by atoms with Gasteiger partial charge in [0, 0.05) is 20.1 Å². The van der Waals surface area contributed by atoms with Gasteiger partial charge < -0.3 is 24.8 Å². The Morgan fingerprint density at radius 3 is 2.00 bits per heavy atom. The van der Waals surface area contributed by atoms with Crippen molar-refractivity contribution in [3.8, 4) is 17.2 Å². The van der Waals surface area contributed by atoms with E-state index in [4.69, 9.17) is 14.2 Å². The highest BCUT2D eigenvalue weighted by atomic mass is 127. The molecule has 0 bridgehead atoms. The van der Waals surface area contributed by atoms with E-state index in [2.05, 4.69) is 15.6 Å². The second kappa shape index (κ2) is 11.8. The van der Waals surface area contributed by atoms with E-state index >= 15 is 0 Å². The van der Waals surface area contributed by atoms with Crippen LogP contribution in [-0.4, -0.2) is 34.3 Å². The van der Waals surface area contributed by atoms with Gasteiger partial charge in [-0.1, -0.05) is 6.07 Å². The van der Waals surface area contributed by atoms with E-state index in [1.807, 2.05) is 0 Å². The topological polar surface area (TPSA) is 64.1 Å². The molecule has 0 radical (unpaired) electrons. The Balaban J connectivity index is 0.00000480. The van der Waals surface area contributed by atoms with Crippen molar-refractivity contribution in [3.63, 3.8) is 0 Å². The summed E-state index contributed by atoms with van der Waals surface area (Å²) in [5.41, 5.74) is -0.361. The number of benzene rings is 2. The Kier molecular flexibility index (Phi) is 10.1. The molecule has 0 aliphatic rings. The van der Waals surface area contributed by atoms with Crippen LogP contribution in [0.15, 0.2) is 35.3 Å². The van der Waals surface area contributed by atoms with Crippen molar-refractivity contribution in [2.45, 2.75) is 19.3 Å². The van der Waals surface area contributed by atoms with E-state index in [9.17, 15) is 17.6 Å². The van der Waals surface area contributed by atoms with E-state index in [1.165, 1.54) is 28.4 Å². The second-order valence-electron chi connectivity index (χ2n) is 6.11. The average Bonchev–Trinajstić information content (AvgIpc) is 2.72. The molecule has 11 heteroatoms. The number of alkyl halides is 3. The van der Waals surface area contributed by atoms with E-state index in [0.717, 1.165) is 17.7 Å². The predicted molar refractivity (Wildman–Crippen MR) is 120 cm³/mol. The van der Waals surface area contributed by atoms with E-state index in [0.29, 0.717) is 23.3 Å².